The van der Waals surface area contributed by atoms with Crippen molar-refractivity contribution in [2.24, 2.45) is 0 Å². The molecule has 1 saturated heterocycles. The SMILES string of the molecule is CCOc1ncccc1C(=O)OC(C(=O)N1CCOCC1)c1ccccc1. The summed E-state index contributed by atoms with van der Waals surface area (Å²) in [7, 11) is 0. The Morgan fingerprint density at radius 2 is 1.89 bits per heavy atom. The third kappa shape index (κ3) is 4.62. The fourth-order valence-corrected chi connectivity index (χ4v) is 2.81. The lowest BCUT2D eigenvalue weighted by Gasteiger charge is -2.30. The molecule has 142 valence electrons. The maximum Gasteiger partial charge on any atom is 0.344 e. The average Bonchev–Trinajstić information content (AvgIpc) is 2.73. The standard InChI is InChI=1S/C20H22N2O5/c1-2-26-18-16(9-6-10-21-18)20(24)27-17(15-7-4-3-5-8-15)19(23)22-11-13-25-14-12-22/h3-10,17H,2,11-14H2,1H3. The molecule has 1 aliphatic heterocycles. The molecule has 7 nitrogen and oxygen atoms in total. The number of benzene rings is 1. The molecule has 0 bridgehead atoms. The van der Waals surface area contributed by atoms with Crippen molar-refractivity contribution in [3.05, 3.63) is 59.8 Å². The monoisotopic (exact) mass is 370 g/mol. The first kappa shape index (κ1) is 18.8. The Bertz CT molecular complexity index is 775. The third-order valence-electron chi connectivity index (χ3n) is 4.15. The Kier molecular flexibility index (Phi) is 6.38. The molecule has 1 atom stereocenters. The van der Waals surface area contributed by atoms with Crippen LogP contribution in [0.3, 0.4) is 0 Å². The third-order valence-corrected chi connectivity index (χ3v) is 4.15. The summed E-state index contributed by atoms with van der Waals surface area (Å²) >= 11 is 0. The molecule has 1 aromatic carbocycles. The van der Waals surface area contributed by atoms with Gasteiger partial charge in [0.2, 0.25) is 12.0 Å². The van der Waals surface area contributed by atoms with Crippen LogP contribution in [-0.4, -0.2) is 54.7 Å². The van der Waals surface area contributed by atoms with Gasteiger partial charge in [0.05, 0.1) is 19.8 Å². The number of amides is 1. The van der Waals surface area contributed by atoms with Gasteiger partial charge in [-0.2, -0.15) is 0 Å². The lowest BCUT2D eigenvalue weighted by Crippen LogP contribution is -2.44. The zero-order chi connectivity index (χ0) is 19.1. The van der Waals surface area contributed by atoms with Crippen LogP contribution in [-0.2, 0) is 14.3 Å². The van der Waals surface area contributed by atoms with Gasteiger partial charge in [0.15, 0.2) is 0 Å². The summed E-state index contributed by atoms with van der Waals surface area (Å²) < 4.78 is 16.3. The van der Waals surface area contributed by atoms with Crippen LogP contribution in [0.2, 0.25) is 0 Å². The van der Waals surface area contributed by atoms with Crippen molar-refractivity contribution < 1.29 is 23.8 Å². The van der Waals surface area contributed by atoms with Crippen molar-refractivity contribution in [3.63, 3.8) is 0 Å². The van der Waals surface area contributed by atoms with E-state index in [0.29, 0.717) is 38.5 Å². The molecular formula is C20H22N2O5. The second-order valence-electron chi connectivity index (χ2n) is 5.92. The molecule has 2 heterocycles. The van der Waals surface area contributed by atoms with Gasteiger partial charge in [-0.05, 0) is 19.1 Å². The minimum absolute atomic E-state index is 0.190. The molecule has 1 unspecified atom stereocenters. The van der Waals surface area contributed by atoms with Crippen molar-refractivity contribution >= 4 is 11.9 Å². The van der Waals surface area contributed by atoms with E-state index in [1.165, 1.54) is 6.20 Å². The topological polar surface area (TPSA) is 78.0 Å². The minimum atomic E-state index is -1.04. The molecule has 1 amide bonds. The smallest absolute Gasteiger partial charge is 0.344 e. The lowest BCUT2D eigenvalue weighted by atomic mass is 10.1. The fourth-order valence-electron chi connectivity index (χ4n) is 2.81. The Labute approximate surface area is 157 Å². The predicted molar refractivity (Wildman–Crippen MR) is 97.4 cm³/mol. The molecule has 1 aromatic heterocycles. The normalized spacial score (nSPS) is 15.1. The van der Waals surface area contributed by atoms with Crippen LogP contribution in [0.1, 0.15) is 28.9 Å². The zero-order valence-corrected chi connectivity index (χ0v) is 15.2. The highest BCUT2D eigenvalue weighted by molar-refractivity contribution is 5.94. The highest BCUT2D eigenvalue weighted by Gasteiger charge is 2.31. The second kappa shape index (κ2) is 9.14. The lowest BCUT2D eigenvalue weighted by molar-refractivity contribution is -0.145. The minimum Gasteiger partial charge on any atom is -0.477 e. The van der Waals surface area contributed by atoms with E-state index in [0.717, 1.165) is 0 Å². The molecule has 3 rings (SSSR count). The first-order valence-electron chi connectivity index (χ1n) is 8.91. The number of pyridine rings is 1. The number of ether oxygens (including phenoxy) is 3. The van der Waals surface area contributed by atoms with Crippen LogP contribution < -0.4 is 4.74 Å². The highest BCUT2D eigenvalue weighted by atomic mass is 16.6. The van der Waals surface area contributed by atoms with Crippen LogP contribution in [0.5, 0.6) is 5.88 Å². The molecular weight excluding hydrogens is 348 g/mol. The maximum absolute atomic E-state index is 13.0. The van der Waals surface area contributed by atoms with Crippen molar-refractivity contribution in [3.8, 4) is 5.88 Å². The number of carbonyl (C=O) groups excluding carboxylic acids is 2. The predicted octanol–water partition coefficient (Wildman–Crippen LogP) is 2.24. The quantitative estimate of drug-likeness (QED) is 0.726. The zero-order valence-electron chi connectivity index (χ0n) is 15.2. The van der Waals surface area contributed by atoms with Gasteiger partial charge in [0.1, 0.15) is 5.56 Å². The van der Waals surface area contributed by atoms with Gasteiger partial charge in [-0.15, -0.1) is 0 Å². The number of esters is 1. The fraction of sp³-hybridized carbons (Fsp3) is 0.350. The van der Waals surface area contributed by atoms with E-state index in [4.69, 9.17) is 14.2 Å². The number of aromatic nitrogens is 1. The number of rotatable bonds is 6. The van der Waals surface area contributed by atoms with E-state index >= 15 is 0 Å². The van der Waals surface area contributed by atoms with E-state index in [1.54, 1.807) is 48.2 Å². The van der Waals surface area contributed by atoms with Crippen LogP contribution in [0, 0.1) is 0 Å². The van der Waals surface area contributed by atoms with E-state index < -0.39 is 12.1 Å². The molecule has 2 aromatic rings. The van der Waals surface area contributed by atoms with Crippen molar-refractivity contribution in [2.45, 2.75) is 13.0 Å². The molecule has 27 heavy (non-hydrogen) atoms. The van der Waals surface area contributed by atoms with Gasteiger partial charge < -0.3 is 19.1 Å². The number of hydrogen-bond acceptors (Lipinski definition) is 6. The molecule has 0 N–H and O–H groups in total. The number of carbonyl (C=O) groups is 2. The molecule has 0 aliphatic carbocycles. The number of hydrogen-bond donors (Lipinski definition) is 0. The molecule has 1 fully saturated rings. The number of morpholine rings is 1. The van der Waals surface area contributed by atoms with Gasteiger partial charge in [-0.1, -0.05) is 30.3 Å². The van der Waals surface area contributed by atoms with Crippen LogP contribution in [0.25, 0.3) is 0 Å². The Hall–Kier alpha value is -2.93. The van der Waals surface area contributed by atoms with E-state index in [2.05, 4.69) is 4.98 Å². The Morgan fingerprint density at radius 1 is 1.15 bits per heavy atom. The molecule has 1 aliphatic rings. The summed E-state index contributed by atoms with van der Waals surface area (Å²) in [6.45, 7) is 4.05. The molecule has 0 radical (unpaired) electrons. The second-order valence-corrected chi connectivity index (χ2v) is 5.92. The van der Waals surface area contributed by atoms with Gasteiger partial charge in [-0.25, -0.2) is 9.78 Å². The summed E-state index contributed by atoms with van der Waals surface area (Å²) in [4.78, 5) is 31.5. The molecule has 7 heteroatoms. The van der Waals surface area contributed by atoms with Gasteiger partial charge in [-0.3, -0.25) is 4.79 Å². The van der Waals surface area contributed by atoms with E-state index in [9.17, 15) is 9.59 Å². The van der Waals surface area contributed by atoms with Crippen molar-refractivity contribution in [1.29, 1.82) is 0 Å². The van der Waals surface area contributed by atoms with Crippen LogP contribution in [0.4, 0.5) is 0 Å². The van der Waals surface area contributed by atoms with E-state index in [1.807, 2.05) is 6.07 Å². The largest absolute Gasteiger partial charge is 0.477 e. The van der Waals surface area contributed by atoms with Crippen LogP contribution in [0.15, 0.2) is 48.7 Å². The van der Waals surface area contributed by atoms with Gasteiger partial charge in [0, 0.05) is 24.8 Å². The molecule has 0 saturated carbocycles. The maximum atomic E-state index is 13.0. The summed E-state index contributed by atoms with van der Waals surface area (Å²) in [6.07, 6.45) is 0.501. The highest BCUT2D eigenvalue weighted by Crippen LogP contribution is 2.24. The summed E-state index contributed by atoms with van der Waals surface area (Å²) in [5.41, 5.74) is 0.805. The number of nitrogens with zero attached hydrogens (tertiary/aromatic N) is 2. The first-order chi connectivity index (χ1) is 13.2. The van der Waals surface area contributed by atoms with Crippen LogP contribution >= 0.6 is 0 Å². The summed E-state index contributed by atoms with van der Waals surface area (Å²) in [6, 6.07) is 12.2. The Balaban J connectivity index is 1.85. The van der Waals surface area contributed by atoms with Gasteiger partial charge >= 0.3 is 5.97 Å². The average molecular weight is 370 g/mol. The van der Waals surface area contributed by atoms with Crippen molar-refractivity contribution in [2.75, 3.05) is 32.9 Å². The van der Waals surface area contributed by atoms with Crippen molar-refractivity contribution in [1.82, 2.24) is 9.88 Å². The first-order valence-corrected chi connectivity index (χ1v) is 8.91. The molecule has 0 spiro atoms. The summed E-state index contributed by atoms with van der Waals surface area (Å²) in [5, 5.41) is 0. The van der Waals surface area contributed by atoms with E-state index in [-0.39, 0.29) is 17.4 Å². The van der Waals surface area contributed by atoms with Gasteiger partial charge in [0.25, 0.3) is 5.91 Å². The Morgan fingerprint density at radius 3 is 2.59 bits per heavy atom. The summed E-state index contributed by atoms with van der Waals surface area (Å²) in [5.74, 6) is -0.725.